The molecule has 0 amide bonds. The molecule has 6 nitrogen and oxygen atoms in total. The monoisotopic (exact) mass is 254 g/mol. The molecule has 1 aromatic rings. The highest BCUT2D eigenvalue weighted by atomic mass is 16.5. The lowest BCUT2D eigenvalue weighted by molar-refractivity contribution is -0.0241. The second-order valence-electron chi connectivity index (χ2n) is 4.86. The van der Waals surface area contributed by atoms with E-state index in [1.807, 2.05) is 26.8 Å². The molecule has 0 bridgehead atoms. The summed E-state index contributed by atoms with van der Waals surface area (Å²) in [6.45, 7) is 7.00. The number of rotatable bonds is 4. The van der Waals surface area contributed by atoms with Crippen molar-refractivity contribution in [2.45, 2.75) is 39.5 Å². The molecule has 102 valence electrons. The molecule has 0 atom stereocenters. The number of aliphatic imine (C=N–C) groups is 1. The normalized spacial score (nSPS) is 12.6. The number of aromatic nitrogens is 1. The van der Waals surface area contributed by atoms with Crippen molar-refractivity contribution in [3.8, 4) is 0 Å². The number of guanidine groups is 1. The van der Waals surface area contributed by atoms with Gasteiger partial charge >= 0.3 is 0 Å². The van der Waals surface area contributed by atoms with Crippen LogP contribution >= 0.6 is 0 Å². The van der Waals surface area contributed by atoms with Crippen LogP contribution in [-0.4, -0.2) is 30.8 Å². The number of hydrogen-bond acceptors (Lipinski definition) is 4. The number of nitrogens with one attached hydrogen (secondary N) is 2. The van der Waals surface area contributed by atoms with Crippen LogP contribution in [0.3, 0.4) is 0 Å². The lowest BCUT2D eigenvalue weighted by Crippen LogP contribution is -2.34. The summed E-state index contributed by atoms with van der Waals surface area (Å²) in [6.07, 6.45) is 0. The first-order valence-corrected chi connectivity index (χ1v) is 5.91. The van der Waals surface area contributed by atoms with E-state index in [-0.39, 0.29) is 5.60 Å². The first-order valence-electron chi connectivity index (χ1n) is 5.91. The Kier molecular flexibility index (Phi) is 5.15. The van der Waals surface area contributed by atoms with Crippen molar-refractivity contribution in [2.75, 3.05) is 14.1 Å². The number of nitrogens with zero attached hydrogens (tertiary/aromatic N) is 2. The largest absolute Gasteiger partial charge is 0.368 e. The number of hydrogen-bond donors (Lipinski definition) is 2. The molecule has 0 aliphatic heterocycles. The molecule has 1 rings (SSSR count). The predicted molar refractivity (Wildman–Crippen MR) is 70.3 cm³/mol. The van der Waals surface area contributed by atoms with Crippen molar-refractivity contribution < 1.29 is 9.26 Å². The van der Waals surface area contributed by atoms with E-state index in [0.717, 1.165) is 11.5 Å². The van der Waals surface area contributed by atoms with Gasteiger partial charge in [0.05, 0.1) is 12.1 Å². The fraction of sp³-hybridized carbons (Fsp3) is 0.667. The van der Waals surface area contributed by atoms with E-state index in [1.54, 1.807) is 14.1 Å². The zero-order valence-corrected chi connectivity index (χ0v) is 11.7. The molecule has 0 fully saturated rings. The Bertz CT molecular complexity index is 393. The summed E-state index contributed by atoms with van der Waals surface area (Å²) in [4.78, 5) is 4.01. The molecule has 0 unspecified atom stereocenters. The average Bonchev–Trinajstić information content (AvgIpc) is 2.75. The minimum Gasteiger partial charge on any atom is -0.368 e. The predicted octanol–water partition coefficient (Wildman–Crippen LogP) is 1.28. The highest BCUT2D eigenvalue weighted by molar-refractivity contribution is 5.79. The van der Waals surface area contributed by atoms with Crippen LogP contribution in [-0.2, 0) is 17.9 Å². The maximum absolute atomic E-state index is 5.61. The van der Waals surface area contributed by atoms with Crippen molar-refractivity contribution in [1.29, 1.82) is 0 Å². The summed E-state index contributed by atoms with van der Waals surface area (Å²) in [7, 11) is 3.52. The first-order chi connectivity index (χ1) is 8.44. The first kappa shape index (κ1) is 14.5. The van der Waals surface area contributed by atoms with Gasteiger partial charge in [-0.05, 0) is 20.8 Å². The minimum absolute atomic E-state index is 0.181. The van der Waals surface area contributed by atoms with Gasteiger partial charge in [0.15, 0.2) is 11.7 Å². The average molecular weight is 254 g/mol. The molecular weight excluding hydrogens is 232 g/mol. The Morgan fingerprint density at radius 3 is 2.78 bits per heavy atom. The van der Waals surface area contributed by atoms with Gasteiger partial charge in [0, 0.05) is 20.2 Å². The topological polar surface area (TPSA) is 71.7 Å². The molecule has 2 N–H and O–H groups in total. The van der Waals surface area contributed by atoms with Gasteiger partial charge in [-0.3, -0.25) is 4.99 Å². The van der Waals surface area contributed by atoms with Gasteiger partial charge in [-0.15, -0.1) is 0 Å². The summed E-state index contributed by atoms with van der Waals surface area (Å²) in [6, 6.07) is 1.88. The van der Waals surface area contributed by atoms with E-state index in [2.05, 4.69) is 20.8 Å². The minimum atomic E-state index is -0.181. The van der Waals surface area contributed by atoms with Gasteiger partial charge in [-0.1, -0.05) is 5.16 Å². The lowest BCUT2D eigenvalue weighted by Gasteiger charge is -2.17. The van der Waals surface area contributed by atoms with Crippen LogP contribution in [0.5, 0.6) is 0 Å². The van der Waals surface area contributed by atoms with Crippen LogP contribution in [0.15, 0.2) is 15.6 Å². The van der Waals surface area contributed by atoms with Crippen molar-refractivity contribution in [3.63, 3.8) is 0 Å². The Labute approximate surface area is 108 Å². The van der Waals surface area contributed by atoms with Gasteiger partial charge in [-0.25, -0.2) is 0 Å². The Morgan fingerprint density at radius 2 is 2.22 bits per heavy atom. The molecular formula is C12H22N4O2. The van der Waals surface area contributed by atoms with Crippen molar-refractivity contribution >= 4 is 5.96 Å². The number of ether oxygens (including phenoxy) is 1. The second-order valence-corrected chi connectivity index (χ2v) is 4.86. The van der Waals surface area contributed by atoms with Crippen LogP contribution < -0.4 is 10.6 Å². The van der Waals surface area contributed by atoms with Gasteiger partial charge in [0.2, 0.25) is 0 Å². The van der Waals surface area contributed by atoms with E-state index in [4.69, 9.17) is 9.26 Å². The third-order valence-electron chi connectivity index (χ3n) is 2.15. The summed E-state index contributed by atoms with van der Waals surface area (Å²) >= 11 is 0. The van der Waals surface area contributed by atoms with Crippen molar-refractivity contribution in [1.82, 2.24) is 15.8 Å². The maximum Gasteiger partial charge on any atom is 0.191 e. The highest BCUT2D eigenvalue weighted by Crippen LogP contribution is 2.12. The third-order valence-corrected chi connectivity index (χ3v) is 2.15. The van der Waals surface area contributed by atoms with E-state index in [0.29, 0.717) is 19.1 Å². The molecule has 1 aromatic heterocycles. The highest BCUT2D eigenvalue weighted by Gasteiger charge is 2.12. The van der Waals surface area contributed by atoms with E-state index < -0.39 is 0 Å². The smallest absolute Gasteiger partial charge is 0.191 e. The Hall–Kier alpha value is -1.56. The van der Waals surface area contributed by atoms with E-state index >= 15 is 0 Å². The van der Waals surface area contributed by atoms with E-state index in [9.17, 15) is 0 Å². The lowest BCUT2D eigenvalue weighted by atomic mass is 10.2. The summed E-state index contributed by atoms with van der Waals surface area (Å²) in [5, 5.41) is 9.98. The molecule has 1 heterocycles. The van der Waals surface area contributed by atoms with Gasteiger partial charge in [0.25, 0.3) is 0 Å². The van der Waals surface area contributed by atoms with Crippen LogP contribution in [0, 0.1) is 0 Å². The second kappa shape index (κ2) is 6.39. The fourth-order valence-electron chi connectivity index (χ4n) is 1.25. The van der Waals surface area contributed by atoms with Gasteiger partial charge in [0.1, 0.15) is 12.3 Å². The standard InChI is InChI=1S/C12H22N4O2/c1-12(2,3)17-8-10-6-9(16-18-10)7-15-11(13-4)14-5/h6H,7-8H2,1-5H3,(H2,13,14,15). The SMILES string of the molecule is CN=C(NC)NCc1cc(COC(C)(C)C)on1. The Morgan fingerprint density at radius 1 is 1.50 bits per heavy atom. The van der Waals surface area contributed by atoms with Gasteiger partial charge in [-0.2, -0.15) is 0 Å². The van der Waals surface area contributed by atoms with Crippen molar-refractivity contribution in [2.24, 2.45) is 4.99 Å². The Balaban J connectivity index is 2.44. The molecule has 0 aromatic carbocycles. The van der Waals surface area contributed by atoms with Crippen LogP contribution in [0.2, 0.25) is 0 Å². The quantitative estimate of drug-likeness (QED) is 0.625. The molecule has 6 heteroatoms. The zero-order valence-electron chi connectivity index (χ0n) is 11.7. The summed E-state index contributed by atoms with van der Waals surface area (Å²) in [5.41, 5.74) is 0.637. The van der Waals surface area contributed by atoms with E-state index in [1.165, 1.54) is 0 Å². The molecule has 18 heavy (non-hydrogen) atoms. The zero-order chi connectivity index (χ0) is 13.6. The summed E-state index contributed by atoms with van der Waals surface area (Å²) in [5.74, 6) is 1.44. The molecule has 0 radical (unpaired) electrons. The molecule has 0 aliphatic rings. The maximum atomic E-state index is 5.61. The molecule has 0 saturated carbocycles. The van der Waals surface area contributed by atoms with Crippen LogP contribution in [0.1, 0.15) is 32.2 Å². The van der Waals surface area contributed by atoms with Crippen molar-refractivity contribution in [3.05, 3.63) is 17.5 Å². The molecule has 0 saturated heterocycles. The van der Waals surface area contributed by atoms with Gasteiger partial charge < -0.3 is 19.9 Å². The third kappa shape index (κ3) is 5.18. The molecule has 0 spiro atoms. The summed E-state index contributed by atoms with van der Waals surface area (Å²) < 4.78 is 10.8. The fourth-order valence-corrected chi connectivity index (χ4v) is 1.25. The van der Waals surface area contributed by atoms with Crippen LogP contribution in [0.4, 0.5) is 0 Å². The van der Waals surface area contributed by atoms with Crippen LogP contribution in [0.25, 0.3) is 0 Å². The molecule has 0 aliphatic carbocycles.